The number of hydrogen-bond acceptors (Lipinski definition) is 2. The largest absolute Gasteiger partial charge is 0.314 e. The predicted octanol–water partition coefficient (Wildman–Crippen LogP) is 0.616. The Labute approximate surface area is 54.1 Å². The first-order valence-corrected chi connectivity index (χ1v) is 3.35. The van der Waals surface area contributed by atoms with Crippen molar-refractivity contribution in [3.05, 3.63) is 0 Å². The van der Waals surface area contributed by atoms with Crippen LogP contribution in [0.1, 0.15) is 6.42 Å². The third kappa shape index (κ3) is 1.36. The molecule has 1 aliphatic rings. The van der Waals surface area contributed by atoms with Crippen LogP contribution in [0.4, 0.5) is 4.39 Å². The maximum Gasteiger partial charge on any atom is 0.124 e. The molecule has 48 valence electrons. The Bertz CT molecular complexity index is 68.8. The topological polar surface area (TPSA) is 12.0 Å². The predicted molar refractivity (Wildman–Crippen MR) is 35.2 cm³/mol. The van der Waals surface area contributed by atoms with E-state index in [9.17, 15) is 4.39 Å². The number of halogens is 1. The van der Waals surface area contributed by atoms with Gasteiger partial charge < -0.3 is 5.32 Å². The average molecular weight is 135 g/mol. The van der Waals surface area contributed by atoms with Crippen LogP contribution in [0, 0.1) is 0 Å². The molecule has 1 N–H and O–H groups in total. The van der Waals surface area contributed by atoms with E-state index in [0.29, 0.717) is 6.54 Å². The highest BCUT2D eigenvalue weighted by molar-refractivity contribution is 7.81. The van der Waals surface area contributed by atoms with Crippen LogP contribution in [0.25, 0.3) is 0 Å². The molecule has 0 unspecified atom stereocenters. The Morgan fingerprint density at radius 2 is 2.38 bits per heavy atom. The summed E-state index contributed by atoms with van der Waals surface area (Å²) in [4.78, 5) is 0. The van der Waals surface area contributed by atoms with E-state index >= 15 is 0 Å². The zero-order valence-corrected chi connectivity index (χ0v) is 5.50. The highest BCUT2D eigenvalue weighted by Gasteiger charge is 2.19. The number of rotatable bonds is 0. The maximum atomic E-state index is 12.4. The average Bonchev–Trinajstić information content (AvgIpc) is 1.77. The summed E-state index contributed by atoms with van der Waals surface area (Å²) >= 11 is 4.04. The summed E-state index contributed by atoms with van der Waals surface area (Å²) in [6, 6.07) is 0. The third-order valence-electron chi connectivity index (χ3n) is 1.37. The van der Waals surface area contributed by atoms with E-state index in [2.05, 4.69) is 17.9 Å². The van der Waals surface area contributed by atoms with Crippen LogP contribution in [0.5, 0.6) is 0 Å². The molecule has 1 nitrogen and oxygen atoms in total. The van der Waals surface area contributed by atoms with Gasteiger partial charge in [-0.3, -0.25) is 0 Å². The molecule has 0 aliphatic carbocycles. The fourth-order valence-electron chi connectivity index (χ4n) is 0.807. The molecule has 8 heavy (non-hydrogen) atoms. The van der Waals surface area contributed by atoms with E-state index in [-0.39, 0.29) is 5.25 Å². The van der Waals surface area contributed by atoms with Crippen molar-refractivity contribution in [3.63, 3.8) is 0 Å². The first-order valence-electron chi connectivity index (χ1n) is 2.83. The number of alkyl halides is 1. The molecule has 3 heteroatoms. The summed E-state index contributed by atoms with van der Waals surface area (Å²) in [6.07, 6.45) is 0.108. The molecule has 0 amide bonds. The van der Waals surface area contributed by atoms with Crippen LogP contribution in [0.3, 0.4) is 0 Å². The molecule has 0 aromatic heterocycles. The fourth-order valence-corrected chi connectivity index (χ4v) is 1.04. The van der Waals surface area contributed by atoms with Gasteiger partial charge in [0.05, 0.1) is 0 Å². The molecule has 0 spiro atoms. The van der Waals surface area contributed by atoms with Crippen LogP contribution in [-0.2, 0) is 0 Å². The molecule has 1 aliphatic heterocycles. The zero-order valence-electron chi connectivity index (χ0n) is 4.60. The second-order valence-electron chi connectivity index (χ2n) is 2.08. The minimum Gasteiger partial charge on any atom is -0.314 e. The van der Waals surface area contributed by atoms with Crippen molar-refractivity contribution in [3.8, 4) is 0 Å². The van der Waals surface area contributed by atoms with Crippen LogP contribution < -0.4 is 5.32 Å². The van der Waals surface area contributed by atoms with Crippen molar-refractivity contribution in [1.29, 1.82) is 0 Å². The smallest absolute Gasteiger partial charge is 0.124 e. The van der Waals surface area contributed by atoms with E-state index in [0.717, 1.165) is 13.0 Å². The van der Waals surface area contributed by atoms with Crippen LogP contribution in [-0.4, -0.2) is 24.5 Å². The molecule has 1 heterocycles. The minimum atomic E-state index is -0.743. The Hall–Kier alpha value is 0.240. The van der Waals surface area contributed by atoms with E-state index in [1.165, 1.54) is 0 Å². The Morgan fingerprint density at radius 1 is 1.62 bits per heavy atom. The molecule has 2 atom stereocenters. The van der Waals surface area contributed by atoms with Crippen molar-refractivity contribution in [2.75, 3.05) is 13.1 Å². The fraction of sp³-hybridized carbons (Fsp3) is 1.00. The van der Waals surface area contributed by atoms with Gasteiger partial charge in [0, 0.05) is 11.8 Å². The lowest BCUT2D eigenvalue weighted by Gasteiger charge is -2.21. The normalized spacial score (nSPS) is 39.8. The summed E-state index contributed by atoms with van der Waals surface area (Å²) in [5, 5.41) is 2.91. The molecule has 1 rings (SSSR count). The van der Waals surface area contributed by atoms with E-state index < -0.39 is 6.17 Å². The van der Waals surface area contributed by atoms with Gasteiger partial charge >= 0.3 is 0 Å². The lowest BCUT2D eigenvalue weighted by molar-refractivity contribution is 0.276. The maximum absolute atomic E-state index is 12.4. The minimum absolute atomic E-state index is 0.0313. The highest BCUT2D eigenvalue weighted by atomic mass is 32.1. The Kier molecular flexibility index (Phi) is 2.14. The first-order chi connectivity index (χ1) is 3.80. The molecule has 0 saturated carbocycles. The molecule has 1 fully saturated rings. The second kappa shape index (κ2) is 2.69. The molecular formula is C5H10FNS. The van der Waals surface area contributed by atoms with Crippen LogP contribution in [0.2, 0.25) is 0 Å². The monoisotopic (exact) mass is 135 g/mol. The first kappa shape index (κ1) is 6.36. The van der Waals surface area contributed by atoms with Crippen molar-refractivity contribution < 1.29 is 4.39 Å². The van der Waals surface area contributed by atoms with Gasteiger partial charge in [-0.05, 0) is 13.0 Å². The van der Waals surface area contributed by atoms with Crippen molar-refractivity contribution in [1.82, 2.24) is 5.32 Å². The van der Waals surface area contributed by atoms with Gasteiger partial charge in [-0.2, -0.15) is 12.6 Å². The van der Waals surface area contributed by atoms with Gasteiger partial charge in [-0.1, -0.05) is 0 Å². The van der Waals surface area contributed by atoms with Gasteiger partial charge in [-0.15, -0.1) is 0 Å². The number of piperidine rings is 1. The molecule has 0 aromatic carbocycles. The van der Waals surface area contributed by atoms with Crippen molar-refractivity contribution in [2.24, 2.45) is 0 Å². The summed E-state index contributed by atoms with van der Waals surface area (Å²) < 4.78 is 12.4. The van der Waals surface area contributed by atoms with Crippen molar-refractivity contribution in [2.45, 2.75) is 17.8 Å². The lowest BCUT2D eigenvalue weighted by atomic mass is 10.1. The van der Waals surface area contributed by atoms with E-state index in [1.54, 1.807) is 0 Å². The number of hydrogen-bond donors (Lipinski definition) is 2. The Balaban J connectivity index is 2.28. The second-order valence-corrected chi connectivity index (χ2v) is 2.74. The Morgan fingerprint density at radius 3 is 2.75 bits per heavy atom. The van der Waals surface area contributed by atoms with Gasteiger partial charge in [0.15, 0.2) is 0 Å². The van der Waals surface area contributed by atoms with Crippen molar-refractivity contribution >= 4 is 12.6 Å². The number of nitrogens with one attached hydrogen (secondary N) is 1. The van der Waals surface area contributed by atoms with Gasteiger partial charge in [0.1, 0.15) is 6.17 Å². The molecule has 0 aromatic rings. The quantitative estimate of drug-likeness (QED) is 0.464. The van der Waals surface area contributed by atoms with Gasteiger partial charge in [0.2, 0.25) is 0 Å². The third-order valence-corrected chi connectivity index (χ3v) is 1.96. The SMILES string of the molecule is F[C@H]1CNCC[C@H]1S. The summed E-state index contributed by atoms with van der Waals surface area (Å²) in [5.74, 6) is 0. The van der Waals surface area contributed by atoms with Crippen LogP contribution in [0.15, 0.2) is 0 Å². The van der Waals surface area contributed by atoms with Crippen LogP contribution >= 0.6 is 12.6 Å². The lowest BCUT2D eigenvalue weighted by Crippen LogP contribution is -2.38. The molecular weight excluding hydrogens is 125 g/mol. The molecule has 0 bridgehead atoms. The zero-order chi connectivity index (χ0) is 5.98. The highest BCUT2D eigenvalue weighted by Crippen LogP contribution is 2.12. The summed E-state index contributed by atoms with van der Waals surface area (Å²) in [6.45, 7) is 1.39. The van der Waals surface area contributed by atoms with E-state index in [1.807, 2.05) is 0 Å². The summed E-state index contributed by atoms with van der Waals surface area (Å²) in [7, 11) is 0. The molecule has 0 radical (unpaired) electrons. The standard InChI is InChI=1S/C5H10FNS/c6-4-3-7-2-1-5(4)8/h4-5,7-8H,1-3H2/t4-,5+/m0/s1. The van der Waals surface area contributed by atoms with Gasteiger partial charge in [0.25, 0.3) is 0 Å². The summed E-state index contributed by atoms with van der Waals surface area (Å²) in [5.41, 5.74) is 0. The van der Waals surface area contributed by atoms with E-state index in [4.69, 9.17) is 0 Å². The molecule has 1 saturated heterocycles. The van der Waals surface area contributed by atoms with Gasteiger partial charge in [-0.25, -0.2) is 4.39 Å². The number of thiol groups is 1.